The lowest BCUT2D eigenvalue weighted by molar-refractivity contribution is -0.137. The van der Waals surface area contributed by atoms with Crippen LogP contribution in [-0.4, -0.2) is 34.1 Å². The molecule has 2 aromatic rings. The summed E-state index contributed by atoms with van der Waals surface area (Å²) in [4.78, 5) is 33.7. The second-order valence-electron chi connectivity index (χ2n) is 5.70. The summed E-state index contributed by atoms with van der Waals surface area (Å²) in [6.45, 7) is 0.324. The van der Waals surface area contributed by atoms with Crippen molar-refractivity contribution in [3.63, 3.8) is 0 Å². The number of imide groups is 1. The molecule has 0 bridgehead atoms. The molecule has 1 heterocycles. The summed E-state index contributed by atoms with van der Waals surface area (Å²) in [7, 11) is 0. The van der Waals surface area contributed by atoms with Crippen LogP contribution in [0.3, 0.4) is 0 Å². The van der Waals surface area contributed by atoms with Gasteiger partial charge in [-0.3, -0.25) is 19.7 Å². The van der Waals surface area contributed by atoms with E-state index in [9.17, 15) is 14.4 Å². The van der Waals surface area contributed by atoms with Crippen molar-refractivity contribution in [2.75, 3.05) is 6.61 Å². The SMILES string of the molecule is O=C(O)CCCOc1ccc(CC2SC(=O)NC2=O)c2ccccc12. The smallest absolute Gasteiger partial charge is 0.303 e. The van der Waals surface area contributed by atoms with Crippen LogP contribution >= 0.6 is 11.8 Å². The van der Waals surface area contributed by atoms with Crippen LogP contribution in [0.2, 0.25) is 0 Å². The molecule has 130 valence electrons. The van der Waals surface area contributed by atoms with Crippen molar-refractivity contribution in [1.82, 2.24) is 5.32 Å². The fourth-order valence-electron chi connectivity index (χ4n) is 2.77. The van der Waals surface area contributed by atoms with Gasteiger partial charge < -0.3 is 9.84 Å². The normalized spacial score (nSPS) is 16.9. The van der Waals surface area contributed by atoms with Crippen molar-refractivity contribution in [2.24, 2.45) is 0 Å². The lowest BCUT2D eigenvalue weighted by Gasteiger charge is -2.13. The minimum atomic E-state index is -0.842. The number of nitrogens with one attached hydrogen (secondary N) is 1. The largest absolute Gasteiger partial charge is 0.493 e. The maximum Gasteiger partial charge on any atom is 0.303 e. The Morgan fingerprint density at radius 1 is 1.16 bits per heavy atom. The van der Waals surface area contributed by atoms with E-state index in [2.05, 4.69) is 5.32 Å². The van der Waals surface area contributed by atoms with Crippen molar-refractivity contribution < 1.29 is 24.2 Å². The quantitative estimate of drug-likeness (QED) is 0.738. The van der Waals surface area contributed by atoms with Gasteiger partial charge in [-0.05, 0) is 29.9 Å². The van der Waals surface area contributed by atoms with Gasteiger partial charge >= 0.3 is 5.97 Å². The Hall–Kier alpha value is -2.54. The van der Waals surface area contributed by atoms with Crippen LogP contribution in [-0.2, 0) is 16.0 Å². The molecule has 1 unspecified atom stereocenters. The van der Waals surface area contributed by atoms with Crippen LogP contribution in [0.5, 0.6) is 5.75 Å². The van der Waals surface area contributed by atoms with E-state index in [1.54, 1.807) is 0 Å². The second kappa shape index (κ2) is 7.57. The van der Waals surface area contributed by atoms with Crippen molar-refractivity contribution in [1.29, 1.82) is 0 Å². The first-order valence-corrected chi connectivity index (χ1v) is 8.79. The average molecular weight is 359 g/mol. The van der Waals surface area contributed by atoms with E-state index in [0.29, 0.717) is 25.2 Å². The molecule has 2 aromatic carbocycles. The Labute approximate surface area is 148 Å². The van der Waals surface area contributed by atoms with Gasteiger partial charge in [0.25, 0.3) is 5.24 Å². The van der Waals surface area contributed by atoms with Gasteiger partial charge in [-0.15, -0.1) is 0 Å². The number of rotatable bonds is 7. The van der Waals surface area contributed by atoms with Gasteiger partial charge in [-0.2, -0.15) is 0 Å². The molecule has 0 aromatic heterocycles. The number of carboxylic acids is 1. The Kier molecular flexibility index (Phi) is 5.23. The molecular weight excluding hydrogens is 342 g/mol. The first-order valence-electron chi connectivity index (χ1n) is 7.91. The predicted molar refractivity (Wildman–Crippen MR) is 94.9 cm³/mol. The van der Waals surface area contributed by atoms with Gasteiger partial charge in [0.05, 0.1) is 11.9 Å². The number of ether oxygens (including phenoxy) is 1. The molecule has 1 fully saturated rings. The molecule has 1 aliphatic heterocycles. The molecule has 0 saturated carbocycles. The Morgan fingerprint density at radius 2 is 1.92 bits per heavy atom. The number of hydrogen-bond acceptors (Lipinski definition) is 5. The number of thioether (sulfide) groups is 1. The van der Waals surface area contributed by atoms with Gasteiger partial charge in [-0.25, -0.2) is 0 Å². The van der Waals surface area contributed by atoms with Gasteiger partial charge in [0.1, 0.15) is 5.75 Å². The summed E-state index contributed by atoms with van der Waals surface area (Å²) in [5, 5.41) is 12.1. The van der Waals surface area contributed by atoms with Crippen molar-refractivity contribution in [2.45, 2.75) is 24.5 Å². The molecule has 1 aliphatic rings. The predicted octanol–water partition coefficient (Wildman–Crippen LogP) is 2.98. The average Bonchev–Trinajstić information content (AvgIpc) is 2.90. The first-order chi connectivity index (χ1) is 12.0. The van der Waals surface area contributed by atoms with Gasteiger partial charge in [0, 0.05) is 11.8 Å². The zero-order valence-corrected chi connectivity index (χ0v) is 14.2. The van der Waals surface area contributed by atoms with Crippen LogP contribution in [0.1, 0.15) is 18.4 Å². The summed E-state index contributed by atoms with van der Waals surface area (Å²) >= 11 is 1.01. The van der Waals surface area contributed by atoms with E-state index in [1.807, 2.05) is 36.4 Å². The summed E-state index contributed by atoms with van der Waals surface area (Å²) in [6.07, 6.45) is 0.965. The molecule has 2 amide bonds. The van der Waals surface area contributed by atoms with E-state index in [-0.39, 0.29) is 17.6 Å². The first kappa shape index (κ1) is 17.3. The lowest BCUT2D eigenvalue weighted by Crippen LogP contribution is -2.25. The molecule has 0 radical (unpaired) electrons. The Balaban J connectivity index is 1.79. The third-order valence-corrected chi connectivity index (χ3v) is 4.92. The second-order valence-corrected chi connectivity index (χ2v) is 6.88. The molecule has 0 spiro atoms. The van der Waals surface area contributed by atoms with E-state index in [1.165, 1.54) is 0 Å². The fraction of sp³-hybridized carbons (Fsp3) is 0.278. The van der Waals surface area contributed by atoms with Gasteiger partial charge in [0.15, 0.2) is 0 Å². The van der Waals surface area contributed by atoms with E-state index >= 15 is 0 Å². The van der Waals surface area contributed by atoms with Crippen molar-refractivity contribution in [3.8, 4) is 5.75 Å². The molecule has 1 atom stereocenters. The number of hydrogen-bond donors (Lipinski definition) is 2. The highest BCUT2D eigenvalue weighted by Crippen LogP contribution is 2.32. The highest BCUT2D eigenvalue weighted by molar-refractivity contribution is 8.15. The minimum absolute atomic E-state index is 0.0675. The summed E-state index contributed by atoms with van der Waals surface area (Å²) in [6, 6.07) is 11.4. The van der Waals surface area contributed by atoms with Crippen molar-refractivity contribution >= 4 is 39.7 Å². The summed E-state index contributed by atoms with van der Waals surface area (Å²) in [5.74, 6) is -0.414. The molecule has 25 heavy (non-hydrogen) atoms. The number of carbonyl (C=O) groups is 3. The standard InChI is InChI=1S/C18H17NO5S/c20-16(21)6-3-9-24-14-8-7-11(12-4-1-2-5-13(12)14)10-15-17(22)19-18(23)25-15/h1-2,4-5,7-8,15H,3,6,9-10H2,(H,20,21)(H,19,22,23). The molecule has 3 rings (SSSR count). The zero-order valence-electron chi connectivity index (χ0n) is 13.4. The zero-order chi connectivity index (χ0) is 17.8. The highest BCUT2D eigenvalue weighted by Gasteiger charge is 2.31. The van der Waals surface area contributed by atoms with Crippen LogP contribution in [0.4, 0.5) is 4.79 Å². The highest BCUT2D eigenvalue weighted by atomic mass is 32.2. The van der Waals surface area contributed by atoms with E-state index in [0.717, 1.165) is 28.1 Å². The Bertz CT molecular complexity index is 835. The third kappa shape index (κ3) is 4.11. The lowest BCUT2D eigenvalue weighted by atomic mass is 10.00. The number of fused-ring (bicyclic) bond motifs is 1. The number of aliphatic carboxylic acids is 1. The van der Waals surface area contributed by atoms with E-state index in [4.69, 9.17) is 9.84 Å². The molecule has 0 aliphatic carbocycles. The molecule has 1 saturated heterocycles. The third-order valence-electron chi connectivity index (χ3n) is 3.94. The van der Waals surface area contributed by atoms with E-state index < -0.39 is 11.2 Å². The fourth-order valence-corrected chi connectivity index (χ4v) is 3.62. The van der Waals surface area contributed by atoms with Gasteiger partial charge in [-0.1, -0.05) is 42.1 Å². The van der Waals surface area contributed by atoms with Crippen LogP contribution in [0.25, 0.3) is 10.8 Å². The minimum Gasteiger partial charge on any atom is -0.493 e. The molecule has 2 N–H and O–H groups in total. The summed E-state index contributed by atoms with van der Waals surface area (Å²) in [5.41, 5.74) is 0.968. The molecular formula is C18H17NO5S. The van der Waals surface area contributed by atoms with Crippen LogP contribution in [0.15, 0.2) is 36.4 Å². The maximum absolute atomic E-state index is 11.8. The number of carbonyl (C=O) groups excluding carboxylic acids is 2. The van der Waals surface area contributed by atoms with Crippen LogP contribution < -0.4 is 10.1 Å². The number of amides is 2. The summed E-state index contributed by atoms with van der Waals surface area (Å²) < 4.78 is 5.73. The number of benzene rings is 2. The maximum atomic E-state index is 11.8. The topological polar surface area (TPSA) is 92.7 Å². The number of carboxylic acid groups (broad SMARTS) is 1. The molecule has 7 heteroatoms. The van der Waals surface area contributed by atoms with Crippen LogP contribution in [0, 0.1) is 0 Å². The van der Waals surface area contributed by atoms with Gasteiger partial charge in [0.2, 0.25) is 5.91 Å². The monoisotopic (exact) mass is 359 g/mol. The Morgan fingerprint density at radius 3 is 2.60 bits per heavy atom. The van der Waals surface area contributed by atoms with Crippen molar-refractivity contribution in [3.05, 3.63) is 42.0 Å². The molecule has 6 nitrogen and oxygen atoms in total.